The highest BCUT2D eigenvalue weighted by Gasteiger charge is 2.13. The quantitative estimate of drug-likeness (QED) is 0.446. The molecule has 0 aromatic heterocycles. The molecule has 0 radical (unpaired) electrons. The van der Waals surface area contributed by atoms with Gasteiger partial charge >= 0.3 is 11.9 Å². The summed E-state index contributed by atoms with van der Waals surface area (Å²) in [6.45, 7) is 12.2. The van der Waals surface area contributed by atoms with Crippen molar-refractivity contribution in [1.82, 2.24) is 0 Å². The van der Waals surface area contributed by atoms with E-state index < -0.39 is 11.9 Å². The molecule has 0 heterocycles. The minimum atomic E-state index is -0.498. The molecule has 0 aromatic carbocycles. The van der Waals surface area contributed by atoms with Crippen molar-refractivity contribution in [3.8, 4) is 0 Å². The lowest BCUT2D eigenvalue weighted by atomic mass is 10.0. The van der Waals surface area contributed by atoms with Gasteiger partial charge in [-0.25, -0.2) is 9.59 Å². The van der Waals surface area contributed by atoms with E-state index in [2.05, 4.69) is 27.7 Å². The second-order valence-electron chi connectivity index (χ2n) is 6.33. The van der Waals surface area contributed by atoms with E-state index in [1.165, 1.54) is 0 Å². The van der Waals surface area contributed by atoms with E-state index >= 15 is 0 Å². The van der Waals surface area contributed by atoms with Gasteiger partial charge < -0.3 is 9.47 Å². The molecule has 0 N–H and O–H groups in total. The first-order chi connectivity index (χ1) is 10.3. The minimum absolute atomic E-state index is 0.146. The van der Waals surface area contributed by atoms with E-state index in [0.717, 1.165) is 37.8 Å². The van der Waals surface area contributed by atoms with Gasteiger partial charge in [0.25, 0.3) is 0 Å². The lowest BCUT2D eigenvalue weighted by molar-refractivity contribution is -0.145. The Morgan fingerprint density at radius 3 is 1.36 bits per heavy atom. The maximum absolute atomic E-state index is 11.6. The zero-order valence-corrected chi connectivity index (χ0v) is 14.9. The van der Waals surface area contributed by atoms with Gasteiger partial charge in [0.2, 0.25) is 0 Å². The Balaban J connectivity index is 4.12. The molecule has 0 aromatic rings. The summed E-state index contributed by atoms with van der Waals surface area (Å²) < 4.78 is 10.5. The summed E-state index contributed by atoms with van der Waals surface area (Å²) in [4.78, 5) is 23.2. The van der Waals surface area contributed by atoms with Crippen LogP contribution in [0.3, 0.4) is 0 Å². The highest BCUT2D eigenvalue weighted by atomic mass is 16.5. The Hall–Kier alpha value is -1.32. The van der Waals surface area contributed by atoms with Gasteiger partial charge in [0.05, 0.1) is 12.2 Å². The molecule has 0 aliphatic heterocycles. The molecule has 0 saturated carbocycles. The van der Waals surface area contributed by atoms with Crippen LogP contribution in [0.2, 0.25) is 0 Å². The normalized spacial score (nSPS) is 16.8. The molecule has 0 saturated heterocycles. The van der Waals surface area contributed by atoms with Crippen LogP contribution in [0.1, 0.15) is 67.2 Å². The predicted molar refractivity (Wildman–Crippen MR) is 88.4 cm³/mol. The van der Waals surface area contributed by atoms with E-state index in [0.29, 0.717) is 11.8 Å². The highest BCUT2D eigenvalue weighted by molar-refractivity contribution is 5.91. The van der Waals surface area contributed by atoms with Crippen molar-refractivity contribution in [3.05, 3.63) is 12.2 Å². The first-order valence-electron chi connectivity index (χ1n) is 8.37. The number of rotatable bonds is 10. The van der Waals surface area contributed by atoms with Gasteiger partial charge in [-0.15, -0.1) is 0 Å². The van der Waals surface area contributed by atoms with E-state index in [-0.39, 0.29) is 12.2 Å². The summed E-state index contributed by atoms with van der Waals surface area (Å²) >= 11 is 0. The molecular weight excluding hydrogens is 280 g/mol. The zero-order chi connectivity index (χ0) is 17.1. The average Bonchev–Trinajstić information content (AvgIpc) is 2.44. The fraction of sp³-hybridized carbons (Fsp3) is 0.778. The van der Waals surface area contributed by atoms with Crippen molar-refractivity contribution in [2.75, 3.05) is 0 Å². The maximum Gasteiger partial charge on any atom is 0.331 e. The van der Waals surface area contributed by atoms with Crippen molar-refractivity contribution in [2.45, 2.75) is 79.4 Å². The van der Waals surface area contributed by atoms with E-state index in [9.17, 15) is 9.59 Å². The van der Waals surface area contributed by atoms with Gasteiger partial charge in [-0.05, 0) is 38.5 Å². The molecular formula is C18H32O4. The number of hydrogen-bond acceptors (Lipinski definition) is 4. The molecule has 0 aliphatic carbocycles. The third-order valence-corrected chi connectivity index (χ3v) is 3.85. The Kier molecular flexibility index (Phi) is 10.6. The minimum Gasteiger partial charge on any atom is -0.460 e. The molecule has 4 atom stereocenters. The van der Waals surface area contributed by atoms with Crippen LogP contribution in [0.15, 0.2) is 12.2 Å². The summed E-state index contributed by atoms with van der Waals surface area (Å²) in [6, 6.07) is 0. The number of carbonyl (C=O) groups excluding carboxylic acids is 2. The molecule has 4 heteroatoms. The molecule has 0 spiro atoms. The van der Waals surface area contributed by atoms with Gasteiger partial charge in [0.15, 0.2) is 0 Å². The number of esters is 2. The lowest BCUT2D eigenvalue weighted by Crippen LogP contribution is -2.18. The molecule has 128 valence electrons. The number of ether oxygens (including phenoxy) is 2. The summed E-state index contributed by atoms with van der Waals surface area (Å²) in [6.07, 6.45) is 5.76. The van der Waals surface area contributed by atoms with Crippen LogP contribution in [0.25, 0.3) is 0 Å². The van der Waals surface area contributed by atoms with E-state index in [1.807, 2.05) is 13.8 Å². The topological polar surface area (TPSA) is 52.6 Å². The van der Waals surface area contributed by atoms with Crippen LogP contribution in [0.5, 0.6) is 0 Å². The standard InChI is InChI=1S/C18H32O4/c1-7-13(3)11-15(5)21-17(19)9-10-18(20)22-16(6)12-14(4)8-2/h9-10,13-16H,7-8,11-12H2,1-6H3/b10-9+. The Morgan fingerprint density at radius 1 is 0.773 bits per heavy atom. The Bertz CT molecular complexity index is 328. The number of hydrogen-bond donors (Lipinski definition) is 0. The van der Waals surface area contributed by atoms with Gasteiger partial charge in [-0.2, -0.15) is 0 Å². The molecule has 4 nitrogen and oxygen atoms in total. The van der Waals surface area contributed by atoms with Crippen LogP contribution < -0.4 is 0 Å². The van der Waals surface area contributed by atoms with Gasteiger partial charge in [0, 0.05) is 12.2 Å². The van der Waals surface area contributed by atoms with Crippen molar-refractivity contribution in [3.63, 3.8) is 0 Å². The van der Waals surface area contributed by atoms with Crippen LogP contribution in [0, 0.1) is 11.8 Å². The fourth-order valence-electron chi connectivity index (χ4n) is 2.17. The van der Waals surface area contributed by atoms with Crippen molar-refractivity contribution in [1.29, 1.82) is 0 Å². The average molecular weight is 312 g/mol. The molecule has 4 unspecified atom stereocenters. The third-order valence-electron chi connectivity index (χ3n) is 3.85. The van der Waals surface area contributed by atoms with Crippen molar-refractivity contribution in [2.24, 2.45) is 11.8 Å². The highest BCUT2D eigenvalue weighted by Crippen LogP contribution is 2.13. The van der Waals surface area contributed by atoms with Crippen LogP contribution in [-0.2, 0) is 19.1 Å². The number of carbonyl (C=O) groups is 2. The molecule has 22 heavy (non-hydrogen) atoms. The van der Waals surface area contributed by atoms with Gasteiger partial charge in [-0.3, -0.25) is 0 Å². The predicted octanol–water partition coefficient (Wildman–Crippen LogP) is 4.28. The van der Waals surface area contributed by atoms with Crippen molar-refractivity contribution < 1.29 is 19.1 Å². The first-order valence-corrected chi connectivity index (χ1v) is 8.37. The second kappa shape index (κ2) is 11.3. The first kappa shape index (κ1) is 20.7. The van der Waals surface area contributed by atoms with Crippen LogP contribution >= 0.6 is 0 Å². The zero-order valence-electron chi connectivity index (χ0n) is 14.9. The molecule has 0 aliphatic rings. The summed E-state index contributed by atoms with van der Waals surface area (Å²) in [5.41, 5.74) is 0. The van der Waals surface area contributed by atoms with Crippen LogP contribution in [-0.4, -0.2) is 24.1 Å². The molecule has 0 amide bonds. The van der Waals surface area contributed by atoms with Crippen LogP contribution in [0.4, 0.5) is 0 Å². The molecule has 0 bridgehead atoms. The fourth-order valence-corrected chi connectivity index (χ4v) is 2.17. The lowest BCUT2D eigenvalue weighted by Gasteiger charge is -2.16. The summed E-state index contributed by atoms with van der Waals surface area (Å²) in [7, 11) is 0. The van der Waals surface area contributed by atoms with E-state index in [4.69, 9.17) is 9.47 Å². The van der Waals surface area contributed by atoms with Gasteiger partial charge in [0.1, 0.15) is 0 Å². The Morgan fingerprint density at radius 2 is 1.09 bits per heavy atom. The van der Waals surface area contributed by atoms with Gasteiger partial charge in [-0.1, -0.05) is 40.5 Å². The molecule has 0 rings (SSSR count). The SMILES string of the molecule is CCC(C)CC(C)OC(=O)/C=C/C(=O)OC(C)CC(C)CC. The summed E-state index contributed by atoms with van der Waals surface area (Å²) in [5.74, 6) is 0.0287. The van der Waals surface area contributed by atoms with E-state index in [1.54, 1.807) is 0 Å². The smallest absolute Gasteiger partial charge is 0.331 e. The maximum atomic E-state index is 11.6. The van der Waals surface area contributed by atoms with Crippen molar-refractivity contribution >= 4 is 11.9 Å². The summed E-state index contributed by atoms with van der Waals surface area (Å²) in [5, 5.41) is 0. The largest absolute Gasteiger partial charge is 0.460 e. The monoisotopic (exact) mass is 312 g/mol. The third kappa shape index (κ3) is 10.4. The second-order valence-corrected chi connectivity index (χ2v) is 6.33. The Labute approximate surface area is 135 Å². The molecule has 0 fully saturated rings.